The summed E-state index contributed by atoms with van der Waals surface area (Å²) in [5, 5.41) is 36.8. The lowest BCUT2D eigenvalue weighted by atomic mass is 9.75. The Kier molecular flexibility index (Phi) is 2.61. The Bertz CT molecular complexity index is 203. The van der Waals surface area contributed by atoms with Crippen LogP contribution in [0.2, 0.25) is 0 Å². The Morgan fingerprint density at radius 2 is 1.92 bits per heavy atom. The molecule has 0 aliphatic heterocycles. The summed E-state index contributed by atoms with van der Waals surface area (Å²) in [5.74, 6) is -1.75. The molecule has 76 valence electrons. The number of carboxylic acids is 1. The van der Waals surface area contributed by atoms with Crippen LogP contribution in [0, 0.1) is 5.92 Å². The molecule has 0 radical (unpaired) electrons. The number of carboxylic acid groups (broad SMARTS) is 1. The molecule has 0 aromatic rings. The van der Waals surface area contributed by atoms with Crippen LogP contribution in [-0.2, 0) is 4.79 Å². The standard InChI is InChI=1S/C8H14O5/c1-4-2-8(13,7(11)12)3-5(9)6(4)10/h4-6,9-10,13H,2-3H2,1H3,(H,11,12)/t4-,5-,6-,8+/m1/s1. The lowest BCUT2D eigenvalue weighted by Gasteiger charge is -2.38. The van der Waals surface area contributed by atoms with Crippen LogP contribution in [0.25, 0.3) is 0 Å². The van der Waals surface area contributed by atoms with Crippen LogP contribution in [0.4, 0.5) is 0 Å². The minimum atomic E-state index is -1.89. The Morgan fingerprint density at radius 3 is 2.31 bits per heavy atom. The van der Waals surface area contributed by atoms with Gasteiger partial charge in [-0.25, -0.2) is 4.79 Å². The molecular formula is C8H14O5. The molecule has 0 aromatic carbocycles. The van der Waals surface area contributed by atoms with E-state index in [-0.39, 0.29) is 12.8 Å². The van der Waals surface area contributed by atoms with Gasteiger partial charge in [0.2, 0.25) is 0 Å². The summed E-state index contributed by atoms with van der Waals surface area (Å²) in [7, 11) is 0. The highest BCUT2D eigenvalue weighted by molar-refractivity contribution is 5.77. The van der Waals surface area contributed by atoms with Crippen LogP contribution in [0.15, 0.2) is 0 Å². The molecule has 0 heterocycles. The first-order valence-electron chi connectivity index (χ1n) is 4.19. The van der Waals surface area contributed by atoms with Crippen LogP contribution in [-0.4, -0.2) is 44.2 Å². The zero-order chi connectivity index (χ0) is 10.2. The van der Waals surface area contributed by atoms with Crippen molar-refractivity contribution >= 4 is 5.97 Å². The van der Waals surface area contributed by atoms with Gasteiger partial charge in [-0.1, -0.05) is 6.92 Å². The van der Waals surface area contributed by atoms with Gasteiger partial charge in [0.05, 0.1) is 12.2 Å². The highest BCUT2D eigenvalue weighted by Crippen LogP contribution is 2.32. The maximum atomic E-state index is 10.6. The topological polar surface area (TPSA) is 98.0 Å². The predicted octanol–water partition coefficient (Wildman–Crippen LogP) is -1.05. The van der Waals surface area contributed by atoms with Crippen molar-refractivity contribution in [3.63, 3.8) is 0 Å². The third-order valence-corrected chi connectivity index (χ3v) is 2.58. The highest BCUT2D eigenvalue weighted by Gasteiger charge is 2.47. The van der Waals surface area contributed by atoms with E-state index in [2.05, 4.69) is 0 Å². The van der Waals surface area contributed by atoms with Gasteiger partial charge in [0, 0.05) is 6.42 Å². The van der Waals surface area contributed by atoms with Crippen LogP contribution in [0.3, 0.4) is 0 Å². The number of aliphatic carboxylic acids is 1. The average Bonchev–Trinajstić information content (AvgIpc) is 2.00. The zero-order valence-corrected chi connectivity index (χ0v) is 7.34. The van der Waals surface area contributed by atoms with Gasteiger partial charge in [-0.3, -0.25) is 0 Å². The lowest BCUT2D eigenvalue weighted by Crippen LogP contribution is -2.53. The average molecular weight is 190 g/mol. The van der Waals surface area contributed by atoms with E-state index in [4.69, 9.17) is 5.11 Å². The molecular weight excluding hydrogens is 176 g/mol. The first-order valence-corrected chi connectivity index (χ1v) is 4.19. The van der Waals surface area contributed by atoms with Gasteiger partial charge in [-0.15, -0.1) is 0 Å². The molecule has 0 bridgehead atoms. The first-order chi connectivity index (χ1) is 5.87. The van der Waals surface area contributed by atoms with E-state index >= 15 is 0 Å². The summed E-state index contributed by atoms with van der Waals surface area (Å²) in [5.41, 5.74) is -1.89. The van der Waals surface area contributed by atoms with Crippen molar-refractivity contribution in [3.8, 4) is 0 Å². The second kappa shape index (κ2) is 3.25. The van der Waals surface area contributed by atoms with Crippen molar-refractivity contribution in [2.24, 2.45) is 5.92 Å². The molecule has 0 aromatic heterocycles. The fourth-order valence-electron chi connectivity index (χ4n) is 1.76. The number of hydrogen-bond acceptors (Lipinski definition) is 4. The van der Waals surface area contributed by atoms with E-state index in [1.54, 1.807) is 6.92 Å². The smallest absolute Gasteiger partial charge is 0.335 e. The minimum absolute atomic E-state index is 0.0272. The van der Waals surface area contributed by atoms with Crippen molar-refractivity contribution in [1.82, 2.24) is 0 Å². The van der Waals surface area contributed by atoms with Crippen molar-refractivity contribution in [1.29, 1.82) is 0 Å². The van der Waals surface area contributed by atoms with Crippen LogP contribution < -0.4 is 0 Å². The monoisotopic (exact) mass is 190 g/mol. The molecule has 4 atom stereocenters. The summed E-state index contributed by atoms with van der Waals surface area (Å²) in [6, 6.07) is 0. The van der Waals surface area contributed by atoms with E-state index < -0.39 is 29.7 Å². The largest absolute Gasteiger partial charge is 0.479 e. The van der Waals surface area contributed by atoms with Gasteiger partial charge in [0.25, 0.3) is 0 Å². The Balaban J connectivity index is 2.79. The molecule has 0 saturated heterocycles. The van der Waals surface area contributed by atoms with E-state index in [1.165, 1.54) is 0 Å². The number of aliphatic hydroxyl groups excluding tert-OH is 2. The lowest BCUT2D eigenvalue weighted by molar-refractivity contribution is -0.177. The molecule has 13 heavy (non-hydrogen) atoms. The van der Waals surface area contributed by atoms with E-state index in [0.29, 0.717) is 0 Å². The Morgan fingerprint density at radius 1 is 1.38 bits per heavy atom. The van der Waals surface area contributed by atoms with E-state index in [0.717, 1.165) is 0 Å². The maximum Gasteiger partial charge on any atom is 0.335 e. The maximum absolute atomic E-state index is 10.6. The van der Waals surface area contributed by atoms with Crippen LogP contribution in [0.5, 0.6) is 0 Å². The number of aliphatic hydroxyl groups is 3. The minimum Gasteiger partial charge on any atom is -0.479 e. The fourth-order valence-corrected chi connectivity index (χ4v) is 1.76. The first kappa shape index (κ1) is 10.4. The molecule has 1 aliphatic rings. The summed E-state index contributed by atoms with van der Waals surface area (Å²) in [6.45, 7) is 1.60. The quantitative estimate of drug-likeness (QED) is 0.423. The van der Waals surface area contributed by atoms with E-state index in [1.807, 2.05) is 0 Å². The SMILES string of the molecule is C[C@@H]1C[C@@](O)(C(=O)O)C[C@@H](O)[C@@H]1O. The second-order valence-electron chi connectivity index (χ2n) is 3.78. The normalized spacial score (nSPS) is 46.0. The highest BCUT2D eigenvalue weighted by atomic mass is 16.4. The third kappa shape index (κ3) is 1.82. The molecule has 5 heteroatoms. The zero-order valence-electron chi connectivity index (χ0n) is 7.34. The fraction of sp³-hybridized carbons (Fsp3) is 0.875. The van der Waals surface area contributed by atoms with Gasteiger partial charge >= 0.3 is 5.97 Å². The molecule has 1 aliphatic carbocycles. The van der Waals surface area contributed by atoms with Gasteiger partial charge in [0.15, 0.2) is 5.60 Å². The molecule has 1 fully saturated rings. The Labute approximate surface area is 75.6 Å². The van der Waals surface area contributed by atoms with Gasteiger partial charge < -0.3 is 20.4 Å². The second-order valence-corrected chi connectivity index (χ2v) is 3.78. The number of rotatable bonds is 1. The van der Waals surface area contributed by atoms with Gasteiger partial charge in [-0.05, 0) is 12.3 Å². The van der Waals surface area contributed by atoms with Crippen molar-refractivity contribution < 1.29 is 25.2 Å². The summed E-state index contributed by atoms with van der Waals surface area (Å²) in [4.78, 5) is 10.6. The summed E-state index contributed by atoms with van der Waals surface area (Å²) >= 11 is 0. The number of hydrogen-bond donors (Lipinski definition) is 4. The molecule has 1 saturated carbocycles. The Hall–Kier alpha value is -0.650. The van der Waals surface area contributed by atoms with Crippen LogP contribution >= 0.6 is 0 Å². The van der Waals surface area contributed by atoms with Crippen molar-refractivity contribution in [2.75, 3.05) is 0 Å². The third-order valence-electron chi connectivity index (χ3n) is 2.58. The number of carbonyl (C=O) groups is 1. The predicted molar refractivity (Wildman–Crippen MR) is 43.0 cm³/mol. The molecule has 4 N–H and O–H groups in total. The molecule has 1 rings (SSSR count). The van der Waals surface area contributed by atoms with Crippen molar-refractivity contribution in [3.05, 3.63) is 0 Å². The van der Waals surface area contributed by atoms with Crippen LogP contribution in [0.1, 0.15) is 19.8 Å². The van der Waals surface area contributed by atoms with Crippen molar-refractivity contribution in [2.45, 2.75) is 37.6 Å². The molecule has 0 amide bonds. The summed E-state index contributed by atoms with van der Waals surface area (Å²) in [6.07, 6.45) is -2.45. The summed E-state index contributed by atoms with van der Waals surface area (Å²) < 4.78 is 0. The van der Waals surface area contributed by atoms with E-state index in [9.17, 15) is 20.1 Å². The molecule has 0 unspecified atom stereocenters. The molecule has 0 spiro atoms. The van der Waals surface area contributed by atoms with Gasteiger partial charge in [0.1, 0.15) is 0 Å². The van der Waals surface area contributed by atoms with Gasteiger partial charge in [-0.2, -0.15) is 0 Å². The molecule has 5 nitrogen and oxygen atoms in total.